The first kappa shape index (κ1) is 20.2. The van der Waals surface area contributed by atoms with Crippen LogP contribution >= 0.6 is 0 Å². The largest absolute Gasteiger partial charge is 0.493 e. The Morgan fingerprint density at radius 2 is 1.74 bits per heavy atom. The van der Waals surface area contributed by atoms with Crippen molar-refractivity contribution >= 4 is 0 Å². The quantitative estimate of drug-likeness (QED) is 0.653. The van der Waals surface area contributed by atoms with Gasteiger partial charge in [0.05, 0.1) is 18.0 Å². The van der Waals surface area contributed by atoms with Crippen molar-refractivity contribution in [2.75, 3.05) is 26.2 Å². The van der Waals surface area contributed by atoms with E-state index in [4.69, 9.17) is 9.72 Å². The van der Waals surface area contributed by atoms with Gasteiger partial charge in [-0.3, -0.25) is 9.88 Å². The van der Waals surface area contributed by atoms with Crippen molar-refractivity contribution in [2.24, 2.45) is 0 Å². The second kappa shape index (κ2) is 8.81. The van der Waals surface area contributed by atoms with Gasteiger partial charge in [-0.1, -0.05) is 48.5 Å². The molecule has 0 radical (unpaired) electrons. The zero-order chi connectivity index (χ0) is 21.1. The number of pyridine rings is 1. The number of aromatic nitrogens is 1. The van der Waals surface area contributed by atoms with E-state index in [2.05, 4.69) is 64.8 Å². The van der Waals surface area contributed by atoms with E-state index in [1.54, 1.807) is 0 Å². The Morgan fingerprint density at radius 1 is 0.968 bits per heavy atom. The number of nitrogens with zero attached hydrogens (tertiary/aromatic N) is 2. The van der Waals surface area contributed by atoms with Gasteiger partial charge in [-0.05, 0) is 62.2 Å². The van der Waals surface area contributed by atoms with E-state index in [1.165, 1.54) is 29.7 Å². The lowest BCUT2D eigenvalue weighted by molar-refractivity contribution is 0.144. The Kier molecular flexibility index (Phi) is 5.75. The molecule has 160 valence electrons. The van der Waals surface area contributed by atoms with Gasteiger partial charge in [-0.25, -0.2) is 0 Å². The molecule has 0 amide bonds. The lowest BCUT2D eigenvalue weighted by Gasteiger charge is -2.45. The highest BCUT2D eigenvalue weighted by Gasteiger charge is 2.40. The second-order valence-electron chi connectivity index (χ2n) is 8.77. The number of fused-ring (bicyclic) bond motifs is 2. The molecular weight excluding hydrogens is 382 g/mol. The number of hydrogen-bond acceptors (Lipinski definition) is 4. The highest BCUT2D eigenvalue weighted by molar-refractivity contribution is 5.67. The molecule has 1 N–H and O–H groups in total. The molecule has 2 aliphatic heterocycles. The summed E-state index contributed by atoms with van der Waals surface area (Å²) in [6, 6.07) is 23.6. The molecule has 1 fully saturated rings. The first-order valence-corrected chi connectivity index (χ1v) is 11.5. The van der Waals surface area contributed by atoms with Gasteiger partial charge in [-0.2, -0.15) is 0 Å². The smallest absolute Gasteiger partial charge is 0.128 e. The first-order chi connectivity index (χ1) is 15.3. The normalized spacial score (nSPS) is 18.0. The van der Waals surface area contributed by atoms with Crippen molar-refractivity contribution in [1.82, 2.24) is 15.2 Å². The fourth-order valence-corrected chi connectivity index (χ4v) is 5.17. The third-order valence-electron chi connectivity index (χ3n) is 6.83. The molecule has 0 bridgehead atoms. The van der Waals surface area contributed by atoms with Crippen LogP contribution in [0.4, 0.5) is 0 Å². The Balaban J connectivity index is 1.37. The van der Waals surface area contributed by atoms with Gasteiger partial charge in [0.25, 0.3) is 0 Å². The van der Waals surface area contributed by atoms with Crippen LogP contribution in [0.25, 0.3) is 11.3 Å². The molecule has 1 spiro atoms. The van der Waals surface area contributed by atoms with Crippen LogP contribution < -0.4 is 10.1 Å². The monoisotopic (exact) mass is 413 g/mol. The average molecular weight is 414 g/mol. The van der Waals surface area contributed by atoms with Gasteiger partial charge >= 0.3 is 0 Å². The minimum atomic E-state index is 0.200. The van der Waals surface area contributed by atoms with E-state index in [0.717, 1.165) is 49.7 Å². The molecular formula is C27H31N3O. The summed E-state index contributed by atoms with van der Waals surface area (Å²) in [5.41, 5.74) is 6.33. The van der Waals surface area contributed by atoms with Gasteiger partial charge in [0.2, 0.25) is 0 Å². The van der Waals surface area contributed by atoms with Crippen LogP contribution in [0.2, 0.25) is 0 Å². The summed E-state index contributed by atoms with van der Waals surface area (Å²) in [6.07, 6.45) is 2.35. The number of nitrogens with one attached hydrogen (secondary N) is 1. The number of piperidine rings is 1. The van der Waals surface area contributed by atoms with Gasteiger partial charge in [0.1, 0.15) is 5.75 Å². The van der Waals surface area contributed by atoms with Crippen molar-refractivity contribution in [3.63, 3.8) is 0 Å². The molecule has 1 aromatic heterocycles. The molecule has 2 aliphatic rings. The number of benzene rings is 2. The molecule has 0 atom stereocenters. The number of ether oxygens (including phenoxy) is 1. The minimum Gasteiger partial charge on any atom is -0.493 e. The van der Waals surface area contributed by atoms with Crippen LogP contribution in [0.5, 0.6) is 5.75 Å². The molecule has 2 aromatic carbocycles. The van der Waals surface area contributed by atoms with E-state index < -0.39 is 0 Å². The topological polar surface area (TPSA) is 37.4 Å². The van der Waals surface area contributed by atoms with Crippen molar-refractivity contribution < 1.29 is 4.74 Å². The summed E-state index contributed by atoms with van der Waals surface area (Å²) in [4.78, 5) is 7.70. The van der Waals surface area contributed by atoms with E-state index in [1.807, 2.05) is 19.1 Å². The predicted octanol–water partition coefficient (Wildman–Crippen LogP) is 4.78. The van der Waals surface area contributed by atoms with Crippen molar-refractivity contribution in [3.05, 3.63) is 83.6 Å². The minimum absolute atomic E-state index is 0.200. The Labute approximate surface area is 185 Å². The lowest BCUT2D eigenvalue weighted by atomic mass is 9.70. The lowest BCUT2D eigenvalue weighted by Crippen LogP contribution is -2.50. The summed E-state index contributed by atoms with van der Waals surface area (Å²) < 4.78 is 5.84. The second-order valence-corrected chi connectivity index (χ2v) is 8.77. The molecule has 0 saturated carbocycles. The van der Waals surface area contributed by atoms with Crippen molar-refractivity contribution in [3.8, 4) is 17.0 Å². The van der Waals surface area contributed by atoms with Gasteiger partial charge in [-0.15, -0.1) is 0 Å². The molecule has 31 heavy (non-hydrogen) atoms. The molecule has 3 aromatic rings. The number of para-hydroxylation sites is 1. The molecule has 3 heterocycles. The fraction of sp³-hybridized carbons (Fsp3) is 0.370. The van der Waals surface area contributed by atoms with Gasteiger partial charge in [0.15, 0.2) is 0 Å². The Hall–Kier alpha value is -2.69. The molecule has 4 nitrogen and oxygen atoms in total. The third-order valence-corrected chi connectivity index (χ3v) is 6.83. The van der Waals surface area contributed by atoms with Crippen LogP contribution in [0.3, 0.4) is 0 Å². The van der Waals surface area contributed by atoms with Crippen LogP contribution in [0, 0.1) is 0 Å². The summed E-state index contributed by atoms with van der Waals surface area (Å²) in [5.74, 6) is 0.908. The number of likely N-dealkylation sites (tertiary alicyclic amines) is 1. The van der Waals surface area contributed by atoms with E-state index in [-0.39, 0.29) is 5.41 Å². The van der Waals surface area contributed by atoms with Crippen molar-refractivity contribution in [2.45, 2.75) is 38.3 Å². The Bertz CT molecular complexity index is 1030. The predicted molar refractivity (Wildman–Crippen MR) is 125 cm³/mol. The van der Waals surface area contributed by atoms with Crippen LogP contribution in [0.1, 0.15) is 36.6 Å². The number of rotatable bonds is 5. The zero-order valence-corrected chi connectivity index (χ0v) is 18.3. The zero-order valence-electron chi connectivity index (χ0n) is 18.3. The van der Waals surface area contributed by atoms with Gasteiger partial charge < -0.3 is 10.1 Å². The SMILES string of the molecule is CCOc1ccccc1-c1ccc2c(n1)CNCC21CCN(Cc2ccccc2)CC1. The molecule has 4 heteroatoms. The highest BCUT2D eigenvalue weighted by Crippen LogP contribution is 2.40. The maximum absolute atomic E-state index is 5.84. The molecule has 5 rings (SSSR count). The van der Waals surface area contributed by atoms with Crippen molar-refractivity contribution in [1.29, 1.82) is 0 Å². The Morgan fingerprint density at radius 3 is 2.55 bits per heavy atom. The maximum Gasteiger partial charge on any atom is 0.128 e. The molecule has 0 aliphatic carbocycles. The molecule has 1 saturated heterocycles. The van der Waals surface area contributed by atoms with Crippen LogP contribution in [-0.2, 0) is 18.5 Å². The summed E-state index contributed by atoms with van der Waals surface area (Å²) in [6.45, 7) is 7.88. The standard InChI is InChI=1S/C27H31N3O/c1-2-31-26-11-7-6-10-22(26)24-13-12-23-25(29-24)18-28-20-27(23)14-16-30(17-15-27)19-21-8-4-3-5-9-21/h3-13,28H,2,14-20H2,1H3. The summed E-state index contributed by atoms with van der Waals surface area (Å²) in [7, 11) is 0. The van der Waals surface area contributed by atoms with E-state index in [9.17, 15) is 0 Å². The maximum atomic E-state index is 5.84. The van der Waals surface area contributed by atoms with E-state index >= 15 is 0 Å². The van der Waals surface area contributed by atoms with E-state index in [0.29, 0.717) is 6.61 Å². The van der Waals surface area contributed by atoms with Crippen LogP contribution in [0.15, 0.2) is 66.7 Å². The number of hydrogen-bond donors (Lipinski definition) is 1. The summed E-state index contributed by atoms with van der Waals surface area (Å²) >= 11 is 0. The fourth-order valence-electron chi connectivity index (χ4n) is 5.17. The molecule has 0 unspecified atom stereocenters. The van der Waals surface area contributed by atoms with Gasteiger partial charge in [0, 0.05) is 30.6 Å². The highest BCUT2D eigenvalue weighted by atomic mass is 16.5. The first-order valence-electron chi connectivity index (χ1n) is 11.5. The van der Waals surface area contributed by atoms with Crippen LogP contribution in [-0.4, -0.2) is 36.1 Å². The summed E-state index contributed by atoms with van der Waals surface area (Å²) in [5, 5.41) is 3.67. The average Bonchev–Trinajstić information content (AvgIpc) is 2.82. The third kappa shape index (κ3) is 4.10.